The molecule has 3 saturated heterocycles. The maximum absolute atomic E-state index is 13.4. The predicted molar refractivity (Wildman–Crippen MR) is 328 cm³/mol. The fourth-order valence-corrected chi connectivity index (χ4v) is 10.8. The first-order valence-electron chi connectivity index (χ1n) is 33.0. The Kier molecular flexibility index (Phi) is 43.7. The van der Waals surface area contributed by atoms with E-state index < -0.39 is 124 Å². The quantitative estimate of drug-likeness (QED) is 0.0206. The van der Waals surface area contributed by atoms with Crippen molar-refractivity contribution in [2.24, 2.45) is 0 Å². The molecule has 3 heterocycles. The predicted octanol–water partition coefficient (Wildman–Crippen LogP) is 7.60. The van der Waals surface area contributed by atoms with Gasteiger partial charge >= 0.3 is 0 Å². The standard InChI is InChI=1S/C66H117NO18/c1-3-5-7-9-11-13-15-17-18-19-20-21-22-23-24-25-26-27-28-29-30-32-34-36-38-40-42-44-54(72)67-49(50(71)43-41-39-37-35-33-31-16-14-12-10-8-6-4-2)48-80-64-60(78)57(75)62(52(46-69)82-64)85-66-61(79)58(76)63(53(47-70)83-66)84-65-59(77)56(74)55(73)51(45-68)81-65/h12,14-15,17,19-20,33,35,41,43,49-53,55-66,68-71,73-79H,3-11,13,16,18,21-32,34,36-40,42,44-48H2,1-2H3,(H,67,72)/b14-12+,17-15-,20-19-,35-33+,43-41+. The molecule has 3 fully saturated rings. The minimum atomic E-state index is -1.98. The van der Waals surface area contributed by atoms with Crippen LogP contribution in [0.25, 0.3) is 0 Å². The molecule has 17 unspecified atom stereocenters. The molecule has 3 aliphatic rings. The second-order valence-corrected chi connectivity index (χ2v) is 23.6. The number of rotatable bonds is 49. The first-order chi connectivity index (χ1) is 41.3. The van der Waals surface area contributed by atoms with E-state index >= 15 is 0 Å². The molecule has 0 radical (unpaired) electrons. The third kappa shape index (κ3) is 31.2. The van der Waals surface area contributed by atoms with Gasteiger partial charge in [-0.3, -0.25) is 4.79 Å². The number of nitrogens with one attached hydrogen (secondary N) is 1. The van der Waals surface area contributed by atoms with E-state index in [0.29, 0.717) is 12.8 Å². The van der Waals surface area contributed by atoms with E-state index in [2.05, 4.69) is 67.8 Å². The lowest BCUT2D eigenvalue weighted by molar-refractivity contribution is -0.379. The topological polar surface area (TPSA) is 307 Å². The number of amides is 1. The molecule has 494 valence electrons. The maximum atomic E-state index is 13.4. The van der Waals surface area contributed by atoms with Crippen LogP contribution in [0, 0.1) is 0 Å². The van der Waals surface area contributed by atoms with E-state index in [1.165, 1.54) is 135 Å². The van der Waals surface area contributed by atoms with Gasteiger partial charge in [0.05, 0.1) is 38.6 Å². The first-order valence-corrected chi connectivity index (χ1v) is 33.0. The molecule has 19 nitrogen and oxygen atoms in total. The summed E-state index contributed by atoms with van der Waals surface area (Å²) in [6, 6.07) is -0.997. The van der Waals surface area contributed by atoms with Gasteiger partial charge in [0.15, 0.2) is 18.9 Å². The molecule has 3 aliphatic heterocycles. The van der Waals surface area contributed by atoms with Crippen LogP contribution < -0.4 is 5.32 Å². The van der Waals surface area contributed by atoms with Gasteiger partial charge in [-0.1, -0.05) is 197 Å². The molecule has 0 bridgehead atoms. The van der Waals surface area contributed by atoms with Crippen LogP contribution in [0.4, 0.5) is 0 Å². The molecule has 85 heavy (non-hydrogen) atoms. The van der Waals surface area contributed by atoms with Gasteiger partial charge in [0.1, 0.15) is 73.2 Å². The Morgan fingerprint density at radius 2 is 0.788 bits per heavy atom. The summed E-state index contributed by atoms with van der Waals surface area (Å²) < 4.78 is 34.2. The van der Waals surface area contributed by atoms with Crippen LogP contribution >= 0.6 is 0 Å². The molecule has 1 amide bonds. The number of carbonyl (C=O) groups is 1. The van der Waals surface area contributed by atoms with Crippen molar-refractivity contribution in [2.75, 3.05) is 26.4 Å². The largest absolute Gasteiger partial charge is 0.394 e. The van der Waals surface area contributed by atoms with Gasteiger partial charge in [0, 0.05) is 6.42 Å². The zero-order chi connectivity index (χ0) is 61.9. The van der Waals surface area contributed by atoms with Crippen LogP contribution in [0.15, 0.2) is 60.8 Å². The van der Waals surface area contributed by atoms with Crippen LogP contribution in [0.1, 0.15) is 219 Å². The molecule has 0 spiro atoms. The normalized spacial score (nSPS) is 29.4. The van der Waals surface area contributed by atoms with Crippen LogP contribution in [0.3, 0.4) is 0 Å². The Morgan fingerprint density at radius 3 is 1.27 bits per heavy atom. The van der Waals surface area contributed by atoms with E-state index in [1.54, 1.807) is 6.08 Å². The van der Waals surface area contributed by atoms with Crippen molar-refractivity contribution in [3.63, 3.8) is 0 Å². The summed E-state index contributed by atoms with van der Waals surface area (Å²) in [6.07, 6.45) is 30.7. The summed E-state index contributed by atoms with van der Waals surface area (Å²) in [7, 11) is 0. The van der Waals surface area contributed by atoms with Crippen molar-refractivity contribution in [1.29, 1.82) is 0 Å². The highest BCUT2D eigenvalue weighted by Gasteiger charge is 2.53. The van der Waals surface area contributed by atoms with Gasteiger partial charge in [-0.2, -0.15) is 0 Å². The van der Waals surface area contributed by atoms with Gasteiger partial charge < -0.3 is 89.9 Å². The van der Waals surface area contributed by atoms with E-state index in [1.807, 2.05) is 6.08 Å². The third-order valence-corrected chi connectivity index (χ3v) is 16.3. The zero-order valence-corrected chi connectivity index (χ0v) is 51.8. The maximum Gasteiger partial charge on any atom is 0.220 e. The minimum absolute atomic E-state index is 0.230. The monoisotopic (exact) mass is 1210 g/mol. The fraction of sp³-hybridized carbons (Fsp3) is 0.833. The Morgan fingerprint density at radius 1 is 0.424 bits per heavy atom. The molecule has 0 aromatic rings. The number of carbonyl (C=O) groups excluding carboxylic acids is 1. The van der Waals surface area contributed by atoms with Crippen molar-refractivity contribution in [3.05, 3.63) is 60.8 Å². The average Bonchev–Trinajstić information content (AvgIpc) is 3.07. The first kappa shape index (κ1) is 76.7. The van der Waals surface area contributed by atoms with E-state index in [0.717, 1.165) is 51.4 Å². The molecule has 17 atom stereocenters. The van der Waals surface area contributed by atoms with E-state index in [9.17, 15) is 61.0 Å². The summed E-state index contributed by atoms with van der Waals surface area (Å²) in [5.74, 6) is -0.292. The summed E-state index contributed by atoms with van der Waals surface area (Å²) in [4.78, 5) is 13.4. The zero-order valence-electron chi connectivity index (χ0n) is 51.8. The van der Waals surface area contributed by atoms with Crippen molar-refractivity contribution in [3.8, 4) is 0 Å². The van der Waals surface area contributed by atoms with Crippen molar-refractivity contribution in [1.82, 2.24) is 5.32 Å². The third-order valence-electron chi connectivity index (χ3n) is 16.3. The molecule has 19 heteroatoms. The summed E-state index contributed by atoms with van der Waals surface area (Å²) in [5, 5.41) is 120. The summed E-state index contributed by atoms with van der Waals surface area (Å²) in [5.41, 5.74) is 0. The second-order valence-electron chi connectivity index (χ2n) is 23.6. The highest BCUT2D eigenvalue weighted by atomic mass is 16.8. The molecule has 0 aliphatic carbocycles. The second kappa shape index (κ2) is 48.4. The smallest absolute Gasteiger partial charge is 0.220 e. The van der Waals surface area contributed by atoms with Crippen LogP contribution in [0.2, 0.25) is 0 Å². The van der Waals surface area contributed by atoms with Crippen molar-refractivity contribution < 1.29 is 89.4 Å². The Labute approximate surface area is 509 Å². The van der Waals surface area contributed by atoms with Gasteiger partial charge in [-0.05, 0) is 77.0 Å². The minimum Gasteiger partial charge on any atom is -0.394 e. The number of hydrogen-bond donors (Lipinski definition) is 12. The van der Waals surface area contributed by atoms with Gasteiger partial charge in [-0.25, -0.2) is 0 Å². The number of aliphatic hydroxyl groups excluding tert-OH is 11. The lowest BCUT2D eigenvalue weighted by Gasteiger charge is -2.48. The number of allylic oxidation sites excluding steroid dienone is 9. The van der Waals surface area contributed by atoms with Crippen LogP contribution in [0.5, 0.6) is 0 Å². The highest BCUT2D eigenvalue weighted by Crippen LogP contribution is 2.33. The van der Waals surface area contributed by atoms with Crippen molar-refractivity contribution >= 4 is 5.91 Å². The molecule has 12 N–H and O–H groups in total. The van der Waals surface area contributed by atoms with Crippen LogP contribution in [-0.4, -0.2) is 193 Å². The number of ether oxygens (including phenoxy) is 6. The lowest BCUT2D eigenvalue weighted by atomic mass is 9.96. The molecule has 3 rings (SSSR count). The lowest BCUT2D eigenvalue weighted by Crippen LogP contribution is -2.66. The fourth-order valence-electron chi connectivity index (χ4n) is 10.8. The summed E-state index contributed by atoms with van der Waals surface area (Å²) >= 11 is 0. The molecular formula is C66H117NO18. The average molecular weight is 1210 g/mol. The molecule has 0 aromatic heterocycles. The Balaban J connectivity index is 1.42. The van der Waals surface area contributed by atoms with Gasteiger partial charge in [0.2, 0.25) is 5.91 Å². The van der Waals surface area contributed by atoms with Gasteiger partial charge in [-0.15, -0.1) is 0 Å². The summed E-state index contributed by atoms with van der Waals surface area (Å²) in [6.45, 7) is 1.65. The molecule has 0 saturated carbocycles. The highest BCUT2D eigenvalue weighted by molar-refractivity contribution is 5.76. The molecular weight excluding hydrogens is 1090 g/mol. The van der Waals surface area contributed by atoms with E-state index in [-0.39, 0.29) is 18.9 Å². The Hall–Kier alpha value is -2.51. The van der Waals surface area contributed by atoms with Crippen molar-refractivity contribution in [2.45, 2.75) is 324 Å². The molecule has 0 aromatic carbocycles. The van der Waals surface area contributed by atoms with Crippen LogP contribution in [-0.2, 0) is 33.2 Å². The Bertz CT molecular complexity index is 1780. The number of unbranched alkanes of at least 4 members (excludes halogenated alkanes) is 25. The number of aliphatic hydroxyl groups is 11. The SMILES string of the molecule is CCCCC/C=C/CC/C=C/CC/C=C/C(O)C(COC1OC(CO)C(OC2OC(CO)C(OC3OC(CO)C(O)C(O)C3O)C(O)C2O)C(O)C1O)NC(=O)CCCCCCCCCCCCCCCCC/C=C\C/C=C\CCCCCCC. The van der Waals surface area contributed by atoms with Gasteiger partial charge in [0.25, 0.3) is 0 Å². The number of hydrogen-bond acceptors (Lipinski definition) is 18. The van der Waals surface area contributed by atoms with E-state index in [4.69, 9.17) is 28.4 Å².